The maximum atomic E-state index is 12.5. The van der Waals surface area contributed by atoms with Crippen LogP contribution in [0.5, 0.6) is 0 Å². The van der Waals surface area contributed by atoms with Crippen molar-refractivity contribution in [1.82, 2.24) is 15.1 Å². The fourth-order valence-electron chi connectivity index (χ4n) is 3.34. The number of nitrogens with one attached hydrogen (secondary N) is 2. The molecule has 6 heteroatoms. The van der Waals surface area contributed by atoms with Crippen LogP contribution in [0.2, 0.25) is 5.15 Å². The van der Waals surface area contributed by atoms with Crippen molar-refractivity contribution in [2.24, 2.45) is 0 Å². The highest BCUT2D eigenvalue weighted by molar-refractivity contribution is 6.30. The van der Waals surface area contributed by atoms with Crippen LogP contribution in [0, 0.1) is 13.8 Å². The number of aromatic nitrogens is 2. The fraction of sp³-hybridized carbons (Fsp3) is 0.200. The van der Waals surface area contributed by atoms with Crippen LogP contribution in [0.4, 0.5) is 5.69 Å². The largest absolute Gasteiger partial charge is 0.361 e. The van der Waals surface area contributed by atoms with Crippen molar-refractivity contribution in [3.63, 3.8) is 0 Å². The molecule has 0 fully saturated rings. The predicted molar refractivity (Wildman–Crippen MR) is 103 cm³/mol. The molecule has 0 saturated carbocycles. The van der Waals surface area contributed by atoms with Crippen LogP contribution in [0.1, 0.15) is 38.9 Å². The molecule has 132 valence electrons. The van der Waals surface area contributed by atoms with E-state index in [1.165, 1.54) is 0 Å². The number of hydrogen-bond acceptors (Lipinski definition) is 3. The van der Waals surface area contributed by atoms with Crippen molar-refractivity contribution in [3.05, 3.63) is 81.6 Å². The summed E-state index contributed by atoms with van der Waals surface area (Å²) in [5, 5.41) is 11.5. The maximum Gasteiger partial charge on any atom is 0.255 e. The molecule has 0 bridgehead atoms. The third kappa shape index (κ3) is 2.84. The Labute approximate surface area is 157 Å². The number of anilines is 1. The van der Waals surface area contributed by atoms with Gasteiger partial charge in [-0.25, -0.2) is 4.68 Å². The molecule has 1 amide bonds. The number of fused-ring (bicyclic) bond motifs is 1. The van der Waals surface area contributed by atoms with E-state index >= 15 is 0 Å². The van der Waals surface area contributed by atoms with E-state index in [1.54, 1.807) is 4.68 Å². The lowest BCUT2D eigenvalue weighted by Crippen LogP contribution is -2.39. The Balaban J connectivity index is 1.69. The van der Waals surface area contributed by atoms with Crippen LogP contribution in [0.3, 0.4) is 0 Å². The number of nitrogens with zero attached hydrogens (tertiary/aromatic N) is 2. The number of aryl methyl sites for hydroxylation is 2. The molecule has 3 aromatic rings. The minimum absolute atomic E-state index is 0.112. The molecular formula is C20H19ClN4O. The van der Waals surface area contributed by atoms with E-state index < -0.39 is 6.17 Å². The standard InChI is InChI=1S/C20H19ClN4O/c1-12-7-6-10-15-17(12)22-19(23-20(15)26)16-13(2)24-25(18(16)21)11-14-8-4-3-5-9-14/h3-10,19,22H,11H2,1-2H3,(H,23,26)/t19-/m0/s1. The zero-order valence-electron chi connectivity index (χ0n) is 14.6. The van der Waals surface area contributed by atoms with Gasteiger partial charge in [-0.3, -0.25) is 4.79 Å². The van der Waals surface area contributed by atoms with E-state index in [-0.39, 0.29) is 5.91 Å². The van der Waals surface area contributed by atoms with Gasteiger partial charge in [0.1, 0.15) is 11.3 Å². The quantitative estimate of drug-likeness (QED) is 0.735. The molecule has 2 N–H and O–H groups in total. The van der Waals surface area contributed by atoms with Gasteiger partial charge in [0.15, 0.2) is 0 Å². The molecule has 0 spiro atoms. The van der Waals surface area contributed by atoms with Crippen LogP contribution < -0.4 is 10.6 Å². The highest BCUT2D eigenvalue weighted by atomic mass is 35.5. The van der Waals surface area contributed by atoms with Crippen LogP contribution in [-0.2, 0) is 6.54 Å². The van der Waals surface area contributed by atoms with E-state index in [4.69, 9.17) is 11.6 Å². The Morgan fingerprint density at radius 3 is 2.62 bits per heavy atom. The van der Waals surface area contributed by atoms with E-state index in [9.17, 15) is 4.79 Å². The lowest BCUT2D eigenvalue weighted by Gasteiger charge is -2.29. The van der Waals surface area contributed by atoms with Crippen molar-refractivity contribution < 1.29 is 4.79 Å². The Bertz CT molecular complexity index is 981. The van der Waals surface area contributed by atoms with Gasteiger partial charge in [-0.2, -0.15) is 5.10 Å². The molecular weight excluding hydrogens is 348 g/mol. The molecule has 1 aliphatic rings. The van der Waals surface area contributed by atoms with Gasteiger partial charge < -0.3 is 10.6 Å². The topological polar surface area (TPSA) is 59.0 Å². The first-order valence-corrected chi connectivity index (χ1v) is 8.86. The molecule has 0 radical (unpaired) electrons. The number of halogens is 1. The molecule has 1 aromatic heterocycles. The third-order valence-corrected chi connectivity index (χ3v) is 5.05. The normalized spacial score (nSPS) is 16.0. The SMILES string of the molecule is Cc1cccc2c1N[C@H](c1c(C)nn(Cc3ccccc3)c1Cl)NC2=O. The Morgan fingerprint density at radius 2 is 1.85 bits per heavy atom. The minimum Gasteiger partial charge on any atom is -0.361 e. The highest BCUT2D eigenvalue weighted by Crippen LogP contribution is 2.33. The van der Waals surface area contributed by atoms with Crippen molar-refractivity contribution in [1.29, 1.82) is 0 Å². The lowest BCUT2D eigenvalue weighted by atomic mass is 10.0. The zero-order chi connectivity index (χ0) is 18.3. The molecule has 1 aliphatic heterocycles. The second-order valence-corrected chi connectivity index (χ2v) is 6.84. The number of para-hydroxylation sites is 1. The van der Waals surface area contributed by atoms with E-state index in [2.05, 4.69) is 15.7 Å². The number of amides is 1. The Kier molecular flexibility index (Phi) is 4.17. The van der Waals surface area contributed by atoms with E-state index in [0.29, 0.717) is 17.3 Å². The van der Waals surface area contributed by atoms with Gasteiger partial charge in [-0.1, -0.05) is 54.1 Å². The van der Waals surface area contributed by atoms with Gasteiger partial charge in [-0.15, -0.1) is 0 Å². The average molecular weight is 367 g/mol. The summed E-state index contributed by atoms with van der Waals surface area (Å²) >= 11 is 6.64. The third-order valence-electron chi connectivity index (χ3n) is 4.65. The average Bonchev–Trinajstić information content (AvgIpc) is 2.90. The van der Waals surface area contributed by atoms with Gasteiger partial charge in [0.2, 0.25) is 0 Å². The lowest BCUT2D eigenvalue weighted by molar-refractivity contribution is 0.0935. The molecule has 1 atom stereocenters. The van der Waals surface area contributed by atoms with Crippen molar-refractivity contribution in [3.8, 4) is 0 Å². The van der Waals surface area contributed by atoms with Gasteiger partial charge in [0, 0.05) is 0 Å². The van der Waals surface area contributed by atoms with Crippen LogP contribution in [-0.4, -0.2) is 15.7 Å². The summed E-state index contributed by atoms with van der Waals surface area (Å²) in [4.78, 5) is 12.5. The molecule has 0 saturated heterocycles. The van der Waals surface area contributed by atoms with Gasteiger partial charge >= 0.3 is 0 Å². The summed E-state index contributed by atoms with van der Waals surface area (Å²) in [5.41, 5.74) is 5.21. The van der Waals surface area contributed by atoms with Crippen molar-refractivity contribution in [2.45, 2.75) is 26.6 Å². The van der Waals surface area contributed by atoms with Crippen LogP contribution in [0.15, 0.2) is 48.5 Å². The monoisotopic (exact) mass is 366 g/mol. The minimum atomic E-state index is -0.409. The second-order valence-electron chi connectivity index (χ2n) is 6.48. The number of carbonyl (C=O) groups is 1. The molecule has 5 nitrogen and oxygen atoms in total. The van der Waals surface area contributed by atoms with Crippen LogP contribution >= 0.6 is 11.6 Å². The summed E-state index contributed by atoms with van der Waals surface area (Å²) in [6.45, 7) is 4.47. The highest BCUT2D eigenvalue weighted by Gasteiger charge is 2.30. The number of carbonyl (C=O) groups excluding carboxylic acids is 1. The number of rotatable bonds is 3. The van der Waals surface area contributed by atoms with Gasteiger partial charge in [-0.05, 0) is 31.0 Å². The maximum absolute atomic E-state index is 12.5. The summed E-state index contributed by atoms with van der Waals surface area (Å²) in [6.07, 6.45) is -0.409. The Hall–Kier alpha value is -2.79. The first-order chi connectivity index (χ1) is 12.5. The molecule has 2 heterocycles. The smallest absolute Gasteiger partial charge is 0.255 e. The molecule has 0 unspecified atom stereocenters. The molecule has 0 aliphatic carbocycles. The van der Waals surface area contributed by atoms with Gasteiger partial charge in [0.25, 0.3) is 5.91 Å². The summed E-state index contributed by atoms with van der Waals surface area (Å²) < 4.78 is 1.77. The number of benzene rings is 2. The molecule has 4 rings (SSSR count). The summed E-state index contributed by atoms with van der Waals surface area (Å²) in [7, 11) is 0. The first-order valence-electron chi connectivity index (χ1n) is 8.48. The van der Waals surface area contributed by atoms with E-state index in [0.717, 1.165) is 28.1 Å². The zero-order valence-corrected chi connectivity index (χ0v) is 15.3. The Morgan fingerprint density at radius 1 is 1.08 bits per heavy atom. The summed E-state index contributed by atoms with van der Waals surface area (Å²) in [6, 6.07) is 15.7. The first kappa shape index (κ1) is 16.7. The van der Waals surface area contributed by atoms with Gasteiger partial charge in [0.05, 0.1) is 29.1 Å². The number of hydrogen-bond donors (Lipinski definition) is 2. The predicted octanol–water partition coefficient (Wildman–Crippen LogP) is 4.06. The fourth-order valence-corrected chi connectivity index (χ4v) is 3.68. The van der Waals surface area contributed by atoms with Crippen molar-refractivity contribution >= 4 is 23.2 Å². The van der Waals surface area contributed by atoms with Crippen LogP contribution in [0.25, 0.3) is 0 Å². The van der Waals surface area contributed by atoms with E-state index in [1.807, 2.05) is 62.4 Å². The molecule has 26 heavy (non-hydrogen) atoms. The summed E-state index contributed by atoms with van der Waals surface area (Å²) in [5.74, 6) is -0.112. The van der Waals surface area contributed by atoms with Crippen molar-refractivity contribution in [2.75, 3.05) is 5.32 Å². The molecule has 2 aromatic carbocycles. The second kappa shape index (κ2) is 6.50.